The van der Waals surface area contributed by atoms with E-state index in [1.165, 1.54) is 6.42 Å². The molecule has 1 saturated heterocycles. The van der Waals surface area contributed by atoms with Crippen molar-refractivity contribution in [2.75, 3.05) is 26.2 Å². The fourth-order valence-electron chi connectivity index (χ4n) is 3.93. The molecule has 2 aromatic rings. The summed E-state index contributed by atoms with van der Waals surface area (Å²) in [5, 5.41) is 1.15. The third-order valence-electron chi connectivity index (χ3n) is 5.72. The van der Waals surface area contributed by atoms with E-state index in [-0.39, 0.29) is 11.8 Å². The normalized spacial score (nSPS) is 18.4. The molecule has 2 heterocycles. The summed E-state index contributed by atoms with van der Waals surface area (Å²) in [5.41, 5.74) is 2.23. The van der Waals surface area contributed by atoms with Crippen molar-refractivity contribution in [2.24, 2.45) is 13.0 Å². The van der Waals surface area contributed by atoms with E-state index in [1.807, 2.05) is 29.0 Å². The van der Waals surface area contributed by atoms with Crippen molar-refractivity contribution in [3.63, 3.8) is 0 Å². The summed E-state index contributed by atoms with van der Waals surface area (Å²) in [6, 6.07) is 8.19. The molecule has 0 radical (unpaired) electrons. The Hall–Kier alpha value is -2.30. The number of piperazine rings is 1. The molecule has 132 valence electrons. The third-order valence-corrected chi connectivity index (χ3v) is 5.72. The first-order valence-electron chi connectivity index (χ1n) is 9.23. The molecule has 0 bridgehead atoms. The van der Waals surface area contributed by atoms with Crippen molar-refractivity contribution in [1.82, 2.24) is 14.4 Å². The molecule has 0 N–H and O–H groups in total. The second-order valence-corrected chi connectivity index (χ2v) is 7.29. The molecule has 5 nitrogen and oxygen atoms in total. The summed E-state index contributed by atoms with van der Waals surface area (Å²) in [6.45, 7) is 2.66. The highest BCUT2D eigenvalue weighted by Gasteiger charge is 2.32. The molecular weight excluding hydrogens is 314 g/mol. The fraction of sp³-hybridized carbons (Fsp3) is 0.500. The quantitative estimate of drug-likeness (QED) is 0.860. The van der Waals surface area contributed by atoms with Crippen LogP contribution in [0.1, 0.15) is 24.8 Å². The number of carbonyl (C=O) groups excluding carboxylic acids is 2. The van der Waals surface area contributed by atoms with Gasteiger partial charge in [0.1, 0.15) is 0 Å². The Morgan fingerprint density at radius 2 is 1.72 bits per heavy atom. The standard InChI is InChI=1S/C20H25N3O2/c1-21-14-16(17-7-2-3-8-18(17)21)13-19(24)22-9-11-23(12-10-22)20(25)15-5-4-6-15/h2-3,7-8,14-15H,4-6,9-13H2,1H3. The van der Waals surface area contributed by atoms with Crippen LogP contribution in [0, 0.1) is 5.92 Å². The van der Waals surface area contributed by atoms with Gasteiger partial charge in [-0.3, -0.25) is 9.59 Å². The third kappa shape index (κ3) is 3.03. The van der Waals surface area contributed by atoms with Gasteiger partial charge in [0.05, 0.1) is 6.42 Å². The molecule has 25 heavy (non-hydrogen) atoms. The molecule has 4 rings (SSSR count). The van der Waals surface area contributed by atoms with Crippen molar-refractivity contribution >= 4 is 22.7 Å². The maximum Gasteiger partial charge on any atom is 0.227 e. The number of hydrogen-bond acceptors (Lipinski definition) is 2. The summed E-state index contributed by atoms with van der Waals surface area (Å²) in [6.07, 6.45) is 5.74. The lowest BCUT2D eigenvalue weighted by Gasteiger charge is -2.38. The van der Waals surface area contributed by atoms with E-state index < -0.39 is 0 Å². The number of hydrogen-bond donors (Lipinski definition) is 0. The zero-order valence-corrected chi connectivity index (χ0v) is 14.8. The number of aromatic nitrogens is 1. The minimum absolute atomic E-state index is 0.159. The fourth-order valence-corrected chi connectivity index (χ4v) is 3.93. The van der Waals surface area contributed by atoms with Gasteiger partial charge in [-0.1, -0.05) is 24.6 Å². The van der Waals surface area contributed by atoms with Crippen LogP contribution in [-0.2, 0) is 23.1 Å². The Kier molecular flexibility index (Phi) is 4.24. The maximum atomic E-state index is 12.7. The van der Waals surface area contributed by atoms with Crippen LogP contribution in [0.5, 0.6) is 0 Å². The highest BCUT2D eigenvalue weighted by atomic mass is 16.2. The van der Waals surface area contributed by atoms with Gasteiger partial charge in [0.2, 0.25) is 11.8 Å². The minimum atomic E-state index is 0.159. The molecular formula is C20H25N3O2. The van der Waals surface area contributed by atoms with Gasteiger partial charge < -0.3 is 14.4 Å². The van der Waals surface area contributed by atoms with Crippen molar-refractivity contribution in [2.45, 2.75) is 25.7 Å². The molecule has 2 aliphatic rings. The van der Waals surface area contributed by atoms with Crippen LogP contribution in [0.2, 0.25) is 0 Å². The van der Waals surface area contributed by atoms with Crippen LogP contribution in [0.15, 0.2) is 30.5 Å². The second kappa shape index (κ2) is 6.54. The number of aryl methyl sites for hydroxylation is 1. The molecule has 2 fully saturated rings. The number of para-hydroxylation sites is 1. The monoisotopic (exact) mass is 339 g/mol. The molecule has 0 spiro atoms. The molecule has 1 saturated carbocycles. The Morgan fingerprint density at radius 1 is 1.04 bits per heavy atom. The first kappa shape index (κ1) is 16.2. The lowest BCUT2D eigenvalue weighted by atomic mass is 9.84. The van der Waals surface area contributed by atoms with Crippen LogP contribution < -0.4 is 0 Å². The Labute approximate surface area is 148 Å². The Bertz CT molecular complexity index is 798. The predicted octanol–water partition coefficient (Wildman–Crippen LogP) is 2.19. The molecule has 2 amide bonds. The van der Waals surface area contributed by atoms with Gasteiger partial charge in [-0.05, 0) is 24.5 Å². The zero-order valence-electron chi connectivity index (χ0n) is 14.8. The summed E-state index contributed by atoms with van der Waals surface area (Å²) >= 11 is 0. The largest absolute Gasteiger partial charge is 0.350 e. The first-order valence-corrected chi connectivity index (χ1v) is 9.23. The van der Waals surface area contributed by atoms with E-state index in [1.54, 1.807) is 0 Å². The number of amides is 2. The minimum Gasteiger partial charge on any atom is -0.350 e. The molecule has 1 aliphatic heterocycles. The topological polar surface area (TPSA) is 45.6 Å². The van der Waals surface area contributed by atoms with Gasteiger partial charge >= 0.3 is 0 Å². The smallest absolute Gasteiger partial charge is 0.227 e. The molecule has 1 aromatic heterocycles. The van der Waals surface area contributed by atoms with E-state index in [9.17, 15) is 9.59 Å². The van der Waals surface area contributed by atoms with Crippen LogP contribution in [-0.4, -0.2) is 52.4 Å². The van der Waals surface area contributed by atoms with Gasteiger partial charge in [0.25, 0.3) is 0 Å². The van der Waals surface area contributed by atoms with Crippen LogP contribution in [0.4, 0.5) is 0 Å². The van der Waals surface area contributed by atoms with E-state index in [0.29, 0.717) is 38.5 Å². The van der Waals surface area contributed by atoms with E-state index in [2.05, 4.69) is 22.9 Å². The van der Waals surface area contributed by atoms with Crippen molar-refractivity contribution < 1.29 is 9.59 Å². The van der Waals surface area contributed by atoms with Crippen molar-refractivity contribution in [3.05, 3.63) is 36.0 Å². The lowest BCUT2D eigenvalue weighted by Crippen LogP contribution is -2.52. The number of carbonyl (C=O) groups is 2. The zero-order chi connectivity index (χ0) is 17.4. The average Bonchev–Trinajstić information content (AvgIpc) is 2.90. The molecule has 0 atom stereocenters. The number of benzene rings is 1. The summed E-state index contributed by atoms with van der Waals surface area (Å²) in [7, 11) is 2.02. The van der Waals surface area contributed by atoms with Crippen molar-refractivity contribution in [1.29, 1.82) is 0 Å². The highest BCUT2D eigenvalue weighted by molar-refractivity contribution is 5.89. The molecule has 1 aliphatic carbocycles. The highest BCUT2D eigenvalue weighted by Crippen LogP contribution is 2.28. The van der Waals surface area contributed by atoms with Gasteiger partial charge in [-0.15, -0.1) is 0 Å². The Morgan fingerprint density at radius 3 is 2.40 bits per heavy atom. The first-order chi connectivity index (χ1) is 12.1. The van der Waals surface area contributed by atoms with Crippen LogP contribution in [0.3, 0.4) is 0 Å². The number of fused-ring (bicyclic) bond motifs is 1. The lowest BCUT2D eigenvalue weighted by molar-refractivity contribution is -0.143. The van der Waals surface area contributed by atoms with E-state index >= 15 is 0 Å². The summed E-state index contributed by atoms with van der Waals surface area (Å²) in [5.74, 6) is 0.706. The SMILES string of the molecule is Cn1cc(CC(=O)N2CCN(C(=O)C3CCC3)CC2)c2ccccc21. The van der Waals surface area contributed by atoms with Crippen molar-refractivity contribution in [3.8, 4) is 0 Å². The molecule has 1 aromatic carbocycles. The summed E-state index contributed by atoms with van der Waals surface area (Å²) < 4.78 is 2.08. The van der Waals surface area contributed by atoms with Gasteiger partial charge in [-0.25, -0.2) is 0 Å². The van der Waals surface area contributed by atoms with Crippen LogP contribution in [0.25, 0.3) is 10.9 Å². The number of nitrogens with zero attached hydrogens (tertiary/aromatic N) is 3. The van der Waals surface area contributed by atoms with E-state index in [0.717, 1.165) is 29.3 Å². The number of rotatable bonds is 3. The van der Waals surface area contributed by atoms with Gasteiger partial charge in [-0.2, -0.15) is 0 Å². The molecule has 5 heteroatoms. The van der Waals surface area contributed by atoms with Gasteiger partial charge in [0, 0.05) is 56.2 Å². The predicted molar refractivity (Wildman–Crippen MR) is 97.1 cm³/mol. The average molecular weight is 339 g/mol. The molecule has 0 unspecified atom stereocenters. The Balaban J connectivity index is 1.38. The van der Waals surface area contributed by atoms with Gasteiger partial charge in [0.15, 0.2) is 0 Å². The van der Waals surface area contributed by atoms with E-state index in [4.69, 9.17) is 0 Å². The second-order valence-electron chi connectivity index (χ2n) is 7.29. The van der Waals surface area contributed by atoms with Crippen LogP contribution >= 0.6 is 0 Å². The summed E-state index contributed by atoms with van der Waals surface area (Å²) in [4.78, 5) is 28.9. The maximum absolute atomic E-state index is 12.7.